The Balaban J connectivity index is 1.23. The molecular formula is C30H26FN9O2. The lowest BCUT2D eigenvalue weighted by atomic mass is 10.0. The number of rotatable bonds is 6. The SMILES string of the molecule is [C-]#[N+]C(=CC1CC1)C(=O)N1C[C@H]2CC(n3nc(-c4ccc(C(=O)Nc5ccccn5)cc4F)c4c(N)ncnc43)[C@H]1C2. The van der Waals surface area contributed by atoms with Crippen LogP contribution >= 0.6 is 0 Å². The molecule has 1 aromatic carbocycles. The van der Waals surface area contributed by atoms with E-state index in [9.17, 15) is 9.59 Å². The number of piperidine rings is 1. The van der Waals surface area contributed by atoms with Gasteiger partial charge in [0, 0.05) is 23.9 Å². The first-order chi connectivity index (χ1) is 20.4. The number of hydrogen-bond acceptors (Lipinski definition) is 7. The highest BCUT2D eigenvalue weighted by Crippen LogP contribution is 2.47. The van der Waals surface area contributed by atoms with Gasteiger partial charge in [-0.15, -0.1) is 0 Å². The van der Waals surface area contributed by atoms with Crippen molar-refractivity contribution < 1.29 is 14.0 Å². The van der Waals surface area contributed by atoms with Gasteiger partial charge in [-0.25, -0.2) is 28.9 Å². The molecule has 1 saturated heterocycles. The molecule has 3 atom stereocenters. The Labute approximate surface area is 240 Å². The second-order valence-electron chi connectivity index (χ2n) is 11.0. The molecule has 3 fully saturated rings. The maximum atomic E-state index is 15.6. The van der Waals surface area contributed by atoms with Gasteiger partial charge in [0.2, 0.25) is 5.70 Å². The lowest BCUT2D eigenvalue weighted by molar-refractivity contribution is -0.129. The summed E-state index contributed by atoms with van der Waals surface area (Å²) in [7, 11) is 0. The molecule has 1 unspecified atom stereocenters. The van der Waals surface area contributed by atoms with Crippen molar-refractivity contribution in [2.75, 3.05) is 17.6 Å². The molecule has 4 aromatic rings. The Hall–Kier alpha value is -5.18. The smallest absolute Gasteiger partial charge is 0.256 e. The van der Waals surface area contributed by atoms with E-state index in [1.807, 2.05) is 0 Å². The van der Waals surface area contributed by atoms with Crippen LogP contribution in [0.4, 0.5) is 16.0 Å². The summed E-state index contributed by atoms with van der Waals surface area (Å²) in [6.07, 6.45) is 8.27. The van der Waals surface area contributed by atoms with Gasteiger partial charge in [0.05, 0.1) is 24.0 Å². The summed E-state index contributed by atoms with van der Waals surface area (Å²) in [6.45, 7) is 8.16. The second kappa shape index (κ2) is 10.0. The molecule has 2 bridgehead atoms. The van der Waals surface area contributed by atoms with Gasteiger partial charge in [-0.05, 0) is 67.9 Å². The summed E-state index contributed by atoms with van der Waals surface area (Å²) in [5, 5.41) is 7.86. The van der Waals surface area contributed by atoms with E-state index >= 15 is 4.39 Å². The number of likely N-dealkylation sites (tertiary alicyclic amines) is 1. The third-order valence-electron chi connectivity index (χ3n) is 8.29. The number of halogens is 1. The van der Waals surface area contributed by atoms with Crippen LogP contribution in [0.15, 0.2) is 60.7 Å². The summed E-state index contributed by atoms with van der Waals surface area (Å²) in [5.41, 5.74) is 7.42. The standard InChI is InChI=1S/C30H26FN9O2/c1-33-21(10-16-5-6-16)30(42)39-14-17-11-22(39)23(12-17)40-28-25(27(32)35-15-36-28)26(38-40)19-8-7-18(13-20(19)31)29(41)37-24-4-2-3-9-34-24/h2-4,7-10,13,15-17,22-23H,5-6,11-12,14H2,(H2,32,35,36)(H,34,37,41)/t17-,22-,23?/m1/s1. The molecule has 2 saturated carbocycles. The van der Waals surface area contributed by atoms with Crippen molar-refractivity contribution in [3.05, 3.63) is 83.5 Å². The molecule has 0 radical (unpaired) electrons. The molecule has 2 amide bonds. The van der Waals surface area contributed by atoms with Crippen LogP contribution in [0.1, 0.15) is 42.1 Å². The van der Waals surface area contributed by atoms with Gasteiger partial charge in [-0.2, -0.15) is 5.10 Å². The number of pyridine rings is 1. The number of benzene rings is 1. The molecule has 4 heterocycles. The van der Waals surface area contributed by atoms with Crippen LogP contribution in [0, 0.1) is 24.2 Å². The second-order valence-corrected chi connectivity index (χ2v) is 11.0. The third kappa shape index (κ3) is 4.43. The van der Waals surface area contributed by atoms with Crippen molar-refractivity contribution in [1.82, 2.24) is 29.6 Å². The Morgan fingerprint density at radius 3 is 2.67 bits per heavy atom. The number of nitrogens with two attached hydrogens (primary N) is 1. The van der Waals surface area contributed by atoms with Gasteiger partial charge in [0.1, 0.15) is 29.5 Å². The average molecular weight is 564 g/mol. The highest BCUT2D eigenvalue weighted by molar-refractivity contribution is 6.04. The summed E-state index contributed by atoms with van der Waals surface area (Å²) in [6, 6.07) is 8.85. The number of amides is 2. The van der Waals surface area contributed by atoms with Crippen molar-refractivity contribution in [1.29, 1.82) is 0 Å². The summed E-state index contributed by atoms with van der Waals surface area (Å²) < 4.78 is 17.4. The highest BCUT2D eigenvalue weighted by atomic mass is 19.1. The van der Waals surface area contributed by atoms with Crippen molar-refractivity contribution >= 4 is 34.5 Å². The predicted molar refractivity (Wildman–Crippen MR) is 152 cm³/mol. The number of carbonyl (C=O) groups is 2. The zero-order valence-electron chi connectivity index (χ0n) is 22.4. The molecule has 1 aliphatic heterocycles. The minimum atomic E-state index is -0.657. The Morgan fingerprint density at radius 2 is 1.95 bits per heavy atom. The monoisotopic (exact) mass is 563 g/mol. The van der Waals surface area contributed by atoms with E-state index in [2.05, 4.69) is 25.1 Å². The number of fused-ring (bicyclic) bond motifs is 3. The van der Waals surface area contributed by atoms with Crippen molar-refractivity contribution in [2.45, 2.75) is 37.8 Å². The number of allylic oxidation sites excluding steroid dienone is 1. The van der Waals surface area contributed by atoms with Gasteiger partial charge in [0.15, 0.2) is 5.65 Å². The first-order valence-electron chi connectivity index (χ1n) is 13.8. The number of nitrogens with zero attached hydrogens (tertiary/aromatic N) is 7. The maximum absolute atomic E-state index is 15.6. The van der Waals surface area contributed by atoms with E-state index in [4.69, 9.17) is 17.4 Å². The van der Waals surface area contributed by atoms with Gasteiger partial charge in [-0.1, -0.05) is 12.1 Å². The van der Waals surface area contributed by atoms with Crippen LogP contribution in [0.5, 0.6) is 0 Å². The maximum Gasteiger partial charge on any atom is 0.256 e. The number of hydrogen-bond donors (Lipinski definition) is 2. The van der Waals surface area contributed by atoms with Gasteiger partial charge in [0.25, 0.3) is 11.8 Å². The van der Waals surface area contributed by atoms with E-state index in [0.29, 0.717) is 29.3 Å². The molecule has 3 aliphatic rings. The zero-order valence-corrected chi connectivity index (χ0v) is 22.4. The van der Waals surface area contributed by atoms with Gasteiger partial charge >= 0.3 is 0 Å². The summed E-state index contributed by atoms with van der Waals surface area (Å²) >= 11 is 0. The van der Waals surface area contributed by atoms with Gasteiger partial charge in [-0.3, -0.25) is 9.59 Å². The Kier molecular flexibility index (Phi) is 6.15. The number of anilines is 2. The number of nitrogens with one attached hydrogen (secondary N) is 1. The normalized spacial score (nSPS) is 21.5. The van der Waals surface area contributed by atoms with Crippen molar-refractivity contribution in [3.63, 3.8) is 0 Å². The summed E-state index contributed by atoms with van der Waals surface area (Å²) in [5.74, 6) is -0.331. The van der Waals surface area contributed by atoms with Crippen LogP contribution in [-0.2, 0) is 4.79 Å². The lowest BCUT2D eigenvalue weighted by Crippen LogP contribution is -2.43. The topological polar surface area (TPSA) is 136 Å². The molecule has 3 aromatic heterocycles. The Bertz CT molecular complexity index is 1810. The van der Waals surface area contributed by atoms with Crippen LogP contribution in [0.25, 0.3) is 27.1 Å². The van der Waals surface area contributed by atoms with E-state index in [1.165, 1.54) is 18.5 Å². The molecule has 11 nitrogen and oxygen atoms in total. The quantitative estimate of drug-likeness (QED) is 0.265. The van der Waals surface area contributed by atoms with E-state index in [-0.39, 0.29) is 52.2 Å². The van der Waals surface area contributed by atoms with E-state index in [1.54, 1.807) is 40.1 Å². The number of aromatic nitrogens is 5. The number of nitrogen functional groups attached to an aromatic ring is 1. The highest BCUT2D eigenvalue weighted by Gasteiger charge is 2.49. The van der Waals surface area contributed by atoms with Gasteiger partial charge < -0.3 is 16.0 Å². The van der Waals surface area contributed by atoms with Crippen molar-refractivity contribution in [3.8, 4) is 11.3 Å². The first-order valence-corrected chi connectivity index (χ1v) is 13.8. The average Bonchev–Trinajstić information content (AvgIpc) is 3.40. The molecule has 12 heteroatoms. The molecule has 42 heavy (non-hydrogen) atoms. The lowest BCUT2D eigenvalue weighted by Gasteiger charge is -2.33. The molecule has 7 rings (SSSR count). The van der Waals surface area contributed by atoms with Crippen LogP contribution in [0.2, 0.25) is 0 Å². The molecule has 210 valence electrons. The minimum Gasteiger partial charge on any atom is -0.383 e. The minimum absolute atomic E-state index is 0.118. The molecule has 2 aliphatic carbocycles. The molecular weight excluding hydrogens is 537 g/mol. The zero-order chi connectivity index (χ0) is 29.0. The fourth-order valence-corrected chi connectivity index (χ4v) is 6.17. The van der Waals surface area contributed by atoms with E-state index < -0.39 is 11.7 Å². The molecule has 3 N–H and O–H groups in total. The summed E-state index contributed by atoms with van der Waals surface area (Å²) in [4.78, 5) is 44.1. The first kappa shape index (κ1) is 25.8. The van der Waals surface area contributed by atoms with Crippen LogP contribution < -0.4 is 11.1 Å². The van der Waals surface area contributed by atoms with E-state index in [0.717, 1.165) is 31.7 Å². The van der Waals surface area contributed by atoms with Crippen molar-refractivity contribution in [2.24, 2.45) is 11.8 Å². The fourth-order valence-electron chi connectivity index (χ4n) is 6.17. The predicted octanol–water partition coefficient (Wildman–Crippen LogP) is 4.24. The van der Waals surface area contributed by atoms with Crippen LogP contribution in [-0.4, -0.2) is 54.0 Å². The van der Waals surface area contributed by atoms with Crippen LogP contribution in [0.3, 0.4) is 0 Å². The number of carbonyl (C=O) groups excluding carboxylic acids is 2. The largest absolute Gasteiger partial charge is 0.383 e. The Morgan fingerprint density at radius 1 is 1.12 bits per heavy atom. The third-order valence-corrected chi connectivity index (χ3v) is 8.29. The molecule has 0 spiro atoms. The fraction of sp³-hybridized carbons (Fsp3) is 0.300.